The minimum Gasteiger partial charge on any atom is -0.341 e. The summed E-state index contributed by atoms with van der Waals surface area (Å²) in [6.45, 7) is 2.00. The van der Waals surface area contributed by atoms with Gasteiger partial charge in [-0.25, -0.2) is 8.42 Å². The molecule has 0 saturated carbocycles. The minimum atomic E-state index is -2.96. The van der Waals surface area contributed by atoms with Gasteiger partial charge in [-0.15, -0.1) is 11.8 Å². The molecule has 1 aromatic carbocycles. The van der Waals surface area contributed by atoms with Crippen LogP contribution >= 0.6 is 27.7 Å². The Morgan fingerprint density at radius 2 is 2.19 bits per heavy atom. The van der Waals surface area contributed by atoms with Gasteiger partial charge in [0.25, 0.3) is 0 Å². The van der Waals surface area contributed by atoms with Gasteiger partial charge in [-0.2, -0.15) is 0 Å². The van der Waals surface area contributed by atoms with Crippen molar-refractivity contribution in [3.63, 3.8) is 0 Å². The molecule has 1 saturated heterocycles. The SMILES string of the molecule is Cc1cc(Br)ccc1SCC(=O)N(C)C1CCS(=O)(=O)C1. The number of nitrogens with zero attached hydrogens (tertiary/aromatic N) is 1. The fourth-order valence-electron chi connectivity index (χ4n) is 2.30. The molecule has 0 spiro atoms. The van der Waals surface area contributed by atoms with E-state index in [2.05, 4.69) is 15.9 Å². The van der Waals surface area contributed by atoms with E-state index in [0.29, 0.717) is 12.2 Å². The van der Waals surface area contributed by atoms with Gasteiger partial charge in [0.15, 0.2) is 9.84 Å². The Balaban J connectivity index is 1.92. The molecular formula is C14H18BrNO3S2. The molecule has 1 amide bonds. The fourth-order valence-corrected chi connectivity index (χ4v) is 5.48. The predicted molar refractivity (Wildman–Crippen MR) is 89.4 cm³/mol. The van der Waals surface area contributed by atoms with Crippen molar-refractivity contribution >= 4 is 43.4 Å². The maximum Gasteiger partial charge on any atom is 0.232 e. The second kappa shape index (κ2) is 6.71. The molecule has 1 aliphatic rings. The van der Waals surface area contributed by atoms with Gasteiger partial charge in [-0.05, 0) is 37.1 Å². The minimum absolute atomic E-state index is 0.0237. The molecule has 1 fully saturated rings. The number of carbonyl (C=O) groups is 1. The standard InChI is InChI=1S/C14H18BrNO3S2/c1-10-7-11(15)3-4-13(10)20-8-14(17)16(2)12-5-6-21(18,19)9-12/h3-4,7,12H,5-6,8-9H2,1-2H3. The maximum atomic E-state index is 12.2. The Morgan fingerprint density at radius 3 is 2.76 bits per heavy atom. The third-order valence-corrected chi connectivity index (χ3v) is 7.04. The quantitative estimate of drug-likeness (QED) is 0.739. The molecule has 1 aliphatic heterocycles. The molecule has 0 aromatic heterocycles. The fraction of sp³-hybridized carbons (Fsp3) is 0.500. The lowest BCUT2D eigenvalue weighted by Gasteiger charge is -2.23. The van der Waals surface area contributed by atoms with Crippen molar-refractivity contribution in [3.8, 4) is 0 Å². The molecule has 0 bridgehead atoms. The Morgan fingerprint density at radius 1 is 1.48 bits per heavy atom. The highest BCUT2D eigenvalue weighted by Gasteiger charge is 2.32. The van der Waals surface area contributed by atoms with Gasteiger partial charge in [-0.3, -0.25) is 4.79 Å². The molecule has 2 rings (SSSR count). The molecule has 0 radical (unpaired) electrons. The molecular weight excluding hydrogens is 374 g/mol. The van der Waals surface area contributed by atoms with Crippen LogP contribution in [-0.2, 0) is 14.6 Å². The first-order valence-electron chi connectivity index (χ1n) is 6.63. The first kappa shape index (κ1) is 16.8. The van der Waals surface area contributed by atoms with Gasteiger partial charge in [0.2, 0.25) is 5.91 Å². The number of thioether (sulfide) groups is 1. The van der Waals surface area contributed by atoms with E-state index in [1.54, 1.807) is 11.9 Å². The van der Waals surface area contributed by atoms with Crippen molar-refractivity contribution in [3.05, 3.63) is 28.2 Å². The molecule has 1 heterocycles. The molecule has 0 aliphatic carbocycles. The summed E-state index contributed by atoms with van der Waals surface area (Å²) >= 11 is 4.90. The molecule has 1 atom stereocenters. The van der Waals surface area contributed by atoms with Gasteiger partial charge in [0.05, 0.1) is 17.3 Å². The van der Waals surface area contributed by atoms with Gasteiger partial charge in [0.1, 0.15) is 0 Å². The van der Waals surface area contributed by atoms with E-state index in [9.17, 15) is 13.2 Å². The average Bonchev–Trinajstić information content (AvgIpc) is 2.77. The number of hydrogen-bond donors (Lipinski definition) is 0. The zero-order chi connectivity index (χ0) is 15.6. The number of carbonyl (C=O) groups excluding carboxylic acids is 1. The highest BCUT2D eigenvalue weighted by Crippen LogP contribution is 2.26. The zero-order valence-electron chi connectivity index (χ0n) is 12.0. The van der Waals surface area contributed by atoms with Crippen molar-refractivity contribution in [1.82, 2.24) is 4.90 Å². The predicted octanol–water partition coefficient (Wildman–Crippen LogP) is 2.50. The number of amides is 1. The summed E-state index contributed by atoms with van der Waals surface area (Å²) in [5, 5.41) is 0. The summed E-state index contributed by atoms with van der Waals surface area (Å²) < 4.78 is 24.0. The van der Waals surface area contributed by atoms with Gasteiger partial charge < -0.3 is 4.90 Å². The summed E-state index contributed by atoms with van der Waals surface area (Å²) in [5.74, 6) is 0.588. The Labute approximate surface area is 138 Å². The Bertz CT molecular complexity index is 646. The Kier molecular flexibility index (Phi) is 5.38. The van der Waals surface area contributed by atoms with Crippen molar-refractivity contribution in [1.29, 1.82) is 0 Å². The number of hydrogen-bond acceptors (Lipinski definition) is 4. The maximum absolute atomic E-state index is 12.2. The van der Waals surface area contributed by atoms with Crippen molar-refractivity contribution in [2.24, 2.45) is 0 Å². The Hall–Kier alpha value is -0.530. The first-order chi connectivity index (χ1) is 9.78. The smallest absolute Gasteiger partial charge is 0.232 e. The normalized spacial score (nSPS) is 20.4. The van der Waals surface area contributed by atoms with Crippen LogP contribution in [0, 0.1) is 6.92 Å². The summed E-state index contributed by atoms with van der Waals surface area (Å²) in [6, 6.07) is 5.78. The third-order valence-electron chi connectivity index (χ3n) is 3.64. The van der Waals surface area contributed by atoms with Gasteiger partial charge in [0, 0.05) is 22.5 Å². The number of halogens is 1. The summed E-state index contributed by atoms with van der Waals surface area (Å²) in [7, 11) is -1.26. The lowest BCUT2D eigenvalue weighted by molar-refractivity contribution is -0.128. The number of aryl methyl sites for hydroxylation is 1. The van der Waals surface area contributed by atoms with Crippen LogP contribution in [0.15, 0.2) is 27.6 Å². The van der Waals surface area contributed by atoms with Crippen LogP contribution in [0.25, 0.3) is 0 Å². The topological polar surface area (TPSA) is 54.5 Å². The van der Waals surface area contributed by atoms with E-state index < -0.39 is 9.84 Å². The summed E-state index contributed by atoms with van der Waals surface area (Å²) in [4.78, 5) is 14.9. The van der Waals surface area contributed by atoms with E-state index in [4.69, 9.17) is 0 Å². The molecule has 0 N–H and O–H groups in total. The second-order valence-electron chi connectivity index (χ2n) is 5.26. The first-order valence-corrected chi connectivity index (χ1v) is 10.2. The monoisotopic (exact) mass is 391 g/mol. The van der Waals surface area contributed by atoms with Crippen LogP contribution < -0.4 is 0 Å². The zero-order valence-corrected chi connectivity index (χ0v) is 15.2. The third kappa shape index (κ3) is 4.47. The van der Waals surface area contributed by atoms with Crippen LogP contribution in [0.3, 0.4) is 0 Å². The highest BCUT2D eigenvalue weighted by molar-refractivity contribution is 9.10. The number of sulfone groups is 1. The molecule has 1 aromatic rings. The van der Waals surface area contributed by atoms with Crippen LogP contribution in [0.1, 0.15) is 12.0 Å². The van der Waals surface area contributed by atoms with E-state index in [1.165, 1.54) is 11.8 Å². The highest BCUT2D eigenvalue weighted by atomic mass is 79.9. The van der Waals surface area contributed by atoms with E-state index in [0.717, 1.165) is 14.9 Å². The number of rotatable bonds is 4. The van der Waals surface area contributed by atoms with E-state index in [1.807, 2.05) is 25.1 Å². The largest absolute Gasteiger partial charge is 0.341 e. The van der Waals surface area contributed by atoms with Crippen molar-refractivity contribution < 1.29 is 13.2 Å². The molecule has 1 unspecified atom stereocenters. The summed E-state index contributed by atoms with van der Waals surface area (Å²) in [6.07, 6.45) is 0.548. The van der Waals surface area contributed by atoms with Gasteiger partial charge in [-0.1, -0.05) is 15.9 Å². The molecule has 4 nitrogen and oxygen atoms in total. The second-order valence-corrected chi connectivity index (χ2v) is 9.42. The lowest BCUT2D eigenvalue weighted by atomic mass is 10.2. The van der Waals surface area contributed by atoms with E-state index >= 15 is 0 Å². The summed E-state index contributed by atoms with van der Waals surface area (Å²) in [5.41, 5.74) is 1.12. The molecule has 7 heteroatoms. The van der Waals surface area contributed by atoms with Crippen LogP contribution in [0.2, 0.25) is 0 Å². The molecule has 116 valence electrons. The van der Waals surface area contributed by atoms with Crippen molar-refractivity contribution in [2.75, 3.05) is 24.3 Å². The lowest BCUT2D eigenvalue weighted by Crippen LogP contribution is -2.38. The molecule has 21 heavy (non-hydrogen) atoms. The average molecular weight is 392 g/mol. The van der Waals surface area contributed by atoms with E-state index in [-0.39, 0.29) is 23.5 Å². The van der Waals surface area contributed by atoms with Crippen LogP contribution in [0.4, 0.5) is 0 Å². The van der Waals surface area contributed by atoms with Crippen LogP contribution in [-0.4, -0.2) is 49.6 Å². The van der Waals surface area contributed by atoms with Gasteiger partial charge >= 0.3 is 0 Å². The van der Waals surface area contributed by atoms with Crippen LogP contribution in [0.5, 0.6) is 0 Å². The number of benzene rings is 1. The van der Waals surface area contributed by atoms with Crippen molar-refractivity contribution in [2.45, 2.75) is 24.3 Å².